The van der Waals surface area contributed by atoms with E-state index in [-0.39, 0.29) is 0 Å². The second-order valence-corrected chi connectivity index (χ2v) is 5.95. The predicted octanol–water partition coefficient (Wildman–Crippen LogP) is 3.74. The van der Waals surface area contributed by atoms with E-state index in [1.807, 2.05) is 0 Å². The number of nitrogens with two attached hydrogens (primary N) is 1. The van der Waals surface area contributed by atoms with Gasteiger partial charge < -0.3 is 11.1 Å². The van der Waals surface area contributed by atoms with Crippen LogP contribution in [0.15, 0.2) is 24.3 Å². The SMILES string of the molecule is CC(C)c1ccc(NCC2CCCC(N)C2)cc1. The van der Waals surface area contributed by atoms with Gasteiger partial charge in [0.2, 0.25) is 0 Å². The zero-order valence-corrected chi connectivity index (χ0v) is 11.7. The molecule has 0 aliphatic heterocycles. The summed E-state index contributed by atoms with van der Waals surface area (Å²) in [4.78, 5) is 0. The van der Waals surface area contributed by atoms with E-state index in [4.69, 9.17) is 5.73 Å². The minimum absolute atomic E-state index is 0.425. The molecule has 2 nitrogen and oxygen atoms in total. The van der Waals surface area contributed by atoms with Crippen LogP contribution in [0, 0.1) is 5.92 Å². The molecule has 0 heterocycles. The largest absolute Gasteiger partial charge is 0.385 e. The molecule has 2 atom stereocenters. The van der Waals surface area contributed by atoms with Crippen LogP contribution in [0.2, 0.25) is 0 Å². The molecular formula is C16H26N2. The molecule has 0 bridgehead atoms. The van der Waals surface area contributed by atoms with E-state index in [1.165, 1.54) is 36.9 Å². The fraction of sp³-hybridized carbons (Fsp3) is 0.625. The Kier molecular flexibility index (Phi) is 4.65. The second-order valence-electron chi connectivity index (χ2n) is 5.95. The highest BCUT2D eigenvalue weighted by Gasteiger charge is 2.18. The van der Waals surface area contributed by atoms with E-state index in [9.17, 15) is 0 Å². The molecule has 1 aromatic carbocycles. The van der Waals surface area contributed by atoms with E-state index in [0.717, 1.165) is 12.5 Å². The first-order valence-electron chi connectivity index (χ1n) is 7.24. The van der Waals surface area contributed by atoms with Gasteiger partial charge in [-0.1, -0.05) is 32.4 Å². The Balaban J connectivity index is 1.82. The first-order chi connectivity index (χ1) is 8.65. The Hall–Kier alpha value is -1.02. The molecule has 2 heteroatoms. The molecular weight excluding hydrogens is 220 g/mol. The topological polar surface area (TPSA) is 38.0 Å². The van der Waals surface area contributed by atoms with E-state index in [0.29, 0.717) is 12.0 Å². The van der Waals surface area contributed by atoms with Crippen molar-refractivity contribution in [1.29, 1.82) is 0 Å². The maximum Gasteiger partial charge on any atom is 0.0340 e. The first-order valence-corrected chi connectivity index (χ1v) is 7.24. The van der Waals surface area contributed by atoms with Gasteiger partial charge in [-0.25, -0.2) is 0 Å². The highest BCUT2D eigenvalue weighted by molar-refractivity contribution is 5.45. The Morgan fingerprint density at radius 2 is 1.94 bits per heavy atom. The van der Waals surface area contributed by atoms with E-state index < -0.39 is 0 Å². The van der Waals surface area contributed by atoms with Gasteiger partial charge in [0.1, 0.15) is 0 Å². The van der Waals surface area contributed by atoms with E-state index >= 15 is 0 Å². The molecule has 0 saturated heterocycles. The van der Waals surface area contributed by atoms with Crippen LogP contribution >= 0.6 is 0 Å². The van der Waals surface area contributed by atoms with Crippen LogP contribution in [0.1, 0.15) is 51.0 Å². The molecule has 1 fully saturated rings. The van der Waals surface area contributed by atoms with Crippen LogP contribution in [0.5, 0.6) is 0 Å². The second kappa shape index (κ2) is 6.24. The van der Waals surface area contributed by atoms with Crippen molar-refractivity contribution in [3.63, 3.8) is 0 Å². The summed E-state index contributed by atoms with van der Waals surface area (Å²) >= 11 is 0. The standard InChI is InChI=1S/C16H26N2/c1-12(2)14-6-8-16(9-7-14)18-11-13-4-3-5-15(17)10-13/h6-9,12-13,15,18H,3-5,10-11,17H2,1-2H3. The van der Waals surface area contributed by atoms with Gasteiger partial charge in [0.05, 0.1) is 0 Å². The Morgan fingerprint density at radius 1 is 1.22 bits per heavy atom. The third kappa shape index (κ3) is 3.74. The smallest absolute Gasteiger partial charge is 0.0340 e. The molecule has 0 radical (unpaired) electrons. The van der Waals surface area contributed by atoms with Crippen LogP contribution in [0.25, 0.3) is 0 Å². The number of hydrogen-bond acceptors (Lipinski definition) is 2. The van der Waals surface area contributed by atoms with E-state index in [2.05, 4.69) is 43.4 Å². The minimum atomic E-state index is 0.425. The van der Waals surface area contributed by atoms with Gasteiger partial charge in [0, 0.05) is 18.3 Å². The van der Waals surface area contributed by atoms with E-state index in [1.54, 1.807) is 0 Å². The van der Waals surface area contributed by atoms with Crippen LogP contribution < -0.4 is 11.1 Å². The average molecular weight is 246 g/mol. The van der Waals surface area contributed by atoms with Gasteiger partial charge in [-0.05, 0) is 48.8 Å². The molecule has 0 spiro atoms. The highest BCUT2D eigenvalue weighted by Crippen LogP contribution is 2.24. The quantitative estimate of drug-likeness (QED) is 0.849. The summed E-state index contributed by atoms with van der Waals surface area (Å²) in [6, 6.07) is 9.25. The van der Waals surface area contributed by atoms with Gasteiger partial charge >= 0.3 is 0 Å². The normalized spacial score (nSPS) is 24.2. The molecule has 0 aromatic heterocycles. The van der Waals surface area contributed by atoms with Crippen LogP contribution in [0.4, 0.5) is 5.69 Å². The van der Waals surface area contributed by atoms with Gasteiger partial charge in [-0.2, -0.15) is 0 Å². The highest BCUT2D eigenvalue weighted by atomic mass is 14.9. The lowest BCUT2D eigenvalue weighted by Gasteiger charge is -2.27. The summed E-state index contributed by atoms with van der Waals surface area (Å²) in [5.41, 5.74) is 8.66. The lowest BCUT2D eigenvalue weighted by molar-refractivity contribution is 0.335. The number of benzene rings is 1. The molecule has 1 aliphatic rings. The molecule has 1 saturated carbocycles. The Morgan fingerprint density at radius 3 is 2.56 bits per heavy atom. The monoisotopic (exact) mass is 246 g/mol. The van der Waals surface area contributed by atoms with Crippen molar-refractivity contribution in [3.05, 3.63) is 29.8 Å². The molecule has 2 rings (SSSR count). The molecule has 18 heavy (non-hydrogen) atoms. The van der Waals surface area contributed by atoms with Crippen molar-refractivity contribution in [2.45, 2.75) is 51.5 Å². The molecule has 1 aromatic rings. The lowest BCUT2D eigenvalue weighted by Crippen LogP contribution is -2.30. The maximum atomic E-state index is 6.02. The third-order valence-corrected chi connectivity index (χ3v) is 4.00. The summed E-state index contributed by atoms with van der Waals surface area (Å²) in [5, 5.41) is 3.55. The number of hydrogen-bond donors (Lipinski definition) is 2. The van der Waals surface area contributed by atoms with Crippen molar-refractivity contribution in [3.8, 4) is 0 Å². The van der Waals surface area contributed by atoms with Crippen molar-refractivity contribution >= 4 is 5.69 Å². The van der Waals surface area contributed by atoms with Crippen molar-refractivity contribution < 1.29 is 0 Å². The van der Waals surface area contributed by atoms with Crippen molar-refractivity contribution in [1.82, 2.24) is 0 Å². The summed E-state index contributed by atoms with van der Waals surface area (Å²) < 4.78 is 0. The lowest BCUT2D eigenvalue weighted by atomic mass is 9.86. The fourth-order valence-corrected chi connectivity index (χ4v) is 2.77. The van der Waals surface area contributed by atoms with Crippen molar-refractivity contribution in [2.75, 3.05) is 11.9 Å². The van der Waals surface area contributed by atoms with Gasteiger partial charge in [0.15, 0.2) is 0 Å². The fourth-order valence-electron chi connectivity index (χ4n) is 2.77. The molecule has 1 aliphatic carbocycles. The van der Waals surface area contributed by atoms with Crippen molar-refractivity contribution in [2.24, 2.45) is 11.7 Å². The van der Waals surface area contributed by atoms with Gasteiger partial charge in [-0.15, -0.1) is 0 Å². The van der Waals surface area contributed by atoms with Crippen LogP contribution in [-0.2, 0) is 0 Å². The zero-order chi connectivity index (χ0) is 13.0. The number of rotatable bonds is 4. The summed E-state index contributed by atoms with van der Waals surface area (Å²) in [6.45, 7) is 5.52. The third-order valence-electron chi connectivity index (χ3n) is 4.00. The number of anilines is 1. The van der Waals surface area contributed by atoms with Gasteiger partial charge in [-0.3, -0.25) is 0 Å². The zero-order valence-electron chi connectivity index (χ0n) is 11.7. The molecule has 2 unspecified atom stereocenters. The van der Waals surface area contributed by atoms with Gasteiger partial charge in [0.25, 0.3) is 0 Å². The van der Waals surface area contributed by atoms with Crippen LogP contribution in [-0.4, -0.2) is 12.6 Å². The predicted molar refractivity (Wildman–Crippen MR) is 79.0 cm³/mol. The summed E-state index contributed by atoms with van der Waals surface area (Å²) in [5.74, 6) is 1.36. The van der Waals surface area contributed by atoms with Crippen LogP contribution in [0.3, 0.4) is 0 Å². The maximum absolute atomic E-state index is 6.02. The molecule has 0 amide bonds. The molecule has 3 N–H and O–H groups in total. The Labute approximate surface area is 111 Å². The minimum Gasteiger partial charge on any atom is -0.385 e. The Bertz CT molecular complexity index is 356. The summed E-state index contributed by atoms with van der Waals surface area (Å²) in [7, 11) is 0. The number of nitrogens with one attached hydrogen (secondary N) is 1. The summed E-state index contributed by atoms with van der Waals surface area (Å²) in [6.07, 6.45) is 5.00. The average Bonchev–Trinajstić information content (AvgIpc) is 2.37. The first kappa shape index (κ1) is 13.4. The molecule has 100 valence electrons.